The second-order valence-electron chi connectivity index (χ2n) is 7.19. The number of likely N-dealkylation sites (tertiary alicyclic amines) is 1. The van der Waals surface area contributed by atoms with Crippen LogP contribution in [0.1, 0.15) is 31.4 Å². The zero-order valence-electron chi connectivity index (χ0n) is 17.1. The zero-order chi connectivity index (χ0) is 20.8. The van der Waals surface area contributed by atoms with Gasteiger partial charge < -0.3 is 25.0 Å². The lowest BCUT2D eigenvalue weighted by atomic mass is 10.0. The molecular weight excluding hydrogens is 370 g/mol. The molecule has 3 N–H and O–H groups in total. The van der Waals surface area contributed by atoms with E-state index in [2.05, 4.69) is 10.6 Å². The van der Waals surface area contributed by atoms with Crippen molar-refractivity contribution in [3.8, 4) is 11.5 Å². The summed E-state index contributed by atoms with van der Waals surface area (Å²) in [4.78, 5) is 24.9. The second kappa shape index (κ2) is 9.43. The highest BCUT2D eigenvalue weighted by Gasteiger charge is 2.33. The van der Waals surface area contributed by atoms with Gasteiger partial charge in [0.1, 0.15) is 17.5 Å². The van der Waals surface area contributed by atoms with Crippen molar-refractivity contribution in [1.82, 2.24) is 0 Å². The lowest BCUT2D eigenvalue weighted by Gasteiger charge is -2.23. The van der Waals surface area contributed by atoms with E-state index in [9.17, 15) is 9.59 Å². The molecule has 2 aromatic rings. The van der Waals surface area contributed by atoms with E-state index in [0.717, 1.165) is 36.4 Å². The highest BCUT2D eigenvalue weighted by Crippen LogP contribution is 2.31. The molecule has 1 fully saturated rings. The SMILES string of the molecule is COc1ccc([C@@H]2CCC[NH+]2CC(=O)Nc2ccc(NC(C)=O)cc2)c(OC)c1. The van der Waals surface area contributed by atoms with E-state index in [1.165, 1.54) is 11.8 Å². The summed E-state index contributed by atoms with van der Waals surface area (Å²) >= 11 is 0. The fourth-order valence-electron chi connectivity index (χ4n) is 3.86. The molecule has 154 valence electrons. The first-order valence-electron chi connectivity index (χ1n) is 9.74. The minimum Gasteiger partial charge on any atom is -0.497 e. The number of hydrogen-bond donors (Lipinski definition) is 3. The van der Waals surface area contributed by atoms with Crippen molar-refractivity contribution in [1.29, 1.82) is 0 Å². The second-order valence-corrected chi connectivity index (χ2v) is 7.19. The third-order valence-corrected chi connectivity index (χ3v) is 5.18. The Morgan fingerprint density at radius 3 is 2.34 bits per heavy atom. The Hall–Kier alpha value is -3.06. The molecule has 7 heteroatoms. The van der Waals surface area contributed by atoms with Crippen LogP contribution in [0.2, 0.25) is 0 Å². The Kier molecular flexibility index (Phi) is 6.72. The van der Waals surface area contributed by atoms with Gasteiger partial charge in [0, 0.05) is 37.2 Å². The van der Waals surface area contributed by atoms with E-state index in [0.29, 0.717) is 17.9 Å². The molecule has 1 unspecified atom stereocenters. The summed E-state index contributed by atoms with van der Waals surface area (Å²) in [5.74, 6) is 1.39. The predicted octanol–water partition coefficient (Wildman–Crippen LogP) is 2.02. The van der Waals surface area contributed by atoms with E-state index in [1.807, 2.05) is 18.2 Å². The van der Waals surface area contributed by atoms with Gasteiger partial charge in [0.15, 0.2) is 6.54 Å². The molecule has 0 bridgehead atoms. The Labute approximate surface area is 171 Å². The molecule has 0 aromatic heterocycles. The molecule has 0 radical (unpaired) electrons. The largest absolute Gasteiger partial charge is 0.497 e. The molecule has 0 spiro atoms. The summed E-state index contributed by atoms with van der Waals surface area (Å²) in [5, 5.41) is 5.65. The lowest BCUT2D eigenvalue weighted by Crippen LogP contribution is -3.11. The number of hydrogen-bond acceptors (Lipinski definition) is 4. The molecule has 7 nitrogen and oxygen atoms in total. The third-order valence-electron chi connectivity index (χ3n) is 5.18. The van der Waals surface area contributed by atoms with E-state index in [-0.39, 0.29) is 17.9 Å². The molecular formula is C22H28N3O4+. The highest BCUT2D eigenvalue weighted by molar-refractivity contribution is 5.92. The molecule has 1 heterocycles. The van der Waals surface area contributed by atoms with Gasteiger partial charge in [-0.25, -0.2) is 0 Å². The zero-order valence-corrected chi connectivity index (χ0v) is 17.1. The summed E-state index contributed by atoms with van der Waals surface area (Å²) in [6.07, 6.45) is 2.07. The summed E-state index contributed by atoms with van der Waals surface area (Å²) in [6.45, 7) is 2.78. The molecule has 1 aliphatic rings. The van der Waals surface area contributed by atoms with E-state index in [1.54, 1.807) is 38.5 Å². The normalized spacial score (nSPS) is 18.2. The monoisotopic (exact) mass is 398 g/mol. The number of amides is 2. The Morgan fingerprint density at radius 1 is 1.03 bits per heavy atom. The lowest BCUT2D eigenvalue weighted by molar-refractivity contribution is -0.910. The topological polar surface area (TPSA) is 81.1 Å². The van der Waals surface area contributed by atoms with Gasteiger partial charge in [-0.15, -0.1) is 0 Å². The molecule has 2 amide bonds. The number of nitrogens with one attached hydrogen (secondary N) is 3. The average Bonchev–Trinajstić information content (AvgIpc) is 3.16. The van der Waals surface area contributed by atoms with Crippen LogP contribution in [0.4, 0.5) is 11.4 Å². The predicted molar refractivity (Wildman–Crippen MR) is 112 cm³/mol. The minimum absolute atomic E-state index is 0.0355. The number of rotatable bonds is 7. The van der Waals surface area contributed by atoms with Crippen molar-refractivity contribution in [2.45, 2.75) is 25.8 Å². The van der Waals surface area contributed by atoms with Crippen LogP contribution >= 0.6 is 0 Å². The molecule has 0 saturated carbocycles. The first-order valence-corrected chi connectivity index (χ1v) is 9.74. The first-order chi connectivity index (χ1) is 14.0. The number of anilines is 2. The van der Waals surface area contributed by atoms with Gasteiger partial charge in [0.05, 0.1) is 26.3 Å². The molecule has 3 rings (SSSR count). The molecule has 0 aliphatic carbocycles. The van der Waals surface area contributed by atoms with E-state index >= 15 is 0 Å². The van der Waals surface area contributed by atoms with Gasteiger partial charge in [-0.2, -0.15) is 0 Å². The maximum atomic E-state index is 12.6. The van der Waals surface area contributed by atoms with Crippen LogP contribution in [-0.2, 0) is 9.59 Å². The fraction of sp³-hybridized carbons (Fsp3) is 0.364. The van der Waals surface area contributed by atoms with E-state index in [4.69, 9.17) is 9.47 Å². The number of benzene rings is 2. The average molecular weight is 398 g/mol. The molecule has 1 aliphatic heterocycles. The van der Waals surface area contributed by atoms with Crippen LogP contribution < -0.4 is 25.0 Å². The highest BCUT2D eigenvalue weighted by atomic mass is 16.5. The maximum absolute atomic E-state index is 12.6. The number of quaternary nitrogens is 1. The summed E-state index contributed by atoms with van der Waals surface area (Å²) in [7, 11) is 3.29. The van der Waals surface area contributed by atoms with Crippen LogP contribution in [0.25, 0.3) is 0 Å². The van der Waals surface area contributed by atoms with Crippen molar-refractivity contribution in [3.63, 3.8) is 0 Å². The summed E-state index contributed by atoms with van der Waals surface area (Å²) in [6, 6.07) is 13.2. The Morgan fingerprint density at radius 2 is 1.72 bits per heavy atom. The maximum Gasteiger partial charge on any atom is 0.279 e. The van der Waals surface area contributed by atoms with E-state index < -0.39 is 0 Å². The van der Waals surface area contributed by atoms with Crippen molar-refractivity contribution < 1.29 is 24.0 Å². The van der Waals surface area contributed by atoms with Crippen LogP contribution in [0.3, 0.4) is 0 Å². The number of carbonyl (C=O) groups excluding carboxylic acids is 2. The third kappa shape index (κ3) is 5.26. The van der Waals surface area contributed by atoms with Crippen molar-refractivity contribution in [3.05, 3.63) is 48.0 Å². The molecule has 29 heavy (non-hydrogen) atoms. The standard InChI is InChI=1S/C22H27N3O4/c1-15(26)23-16-6-8-17(9-7-16)24-22(27)14-25-12-4-5-20(25)19-11-10-18(28-2)13-21(19)29-3/h6-11,13,20H,4-5,12,14H2,1-3H3,(H,23,26)(H,24,27)/p+1/t20-/m0/s1. The fourth-order valence-corrected chi connectivity index (χ4v) is 3.86. The van der Waals surface area contributed by atoms with Crippen molar-refractivity contribution in [2.24, 2.45) is 0 Å². The van der Waals surface area contributed by atoms with Crippen molar-refractivity contribution >= 4 is 23.2 Å². The number of methoxy groups -OCH3 is 2. The molecule has 2 aromatic carbocycles. The van der Waals surface area contributed by atoms with Crippen LogP contribution in [0.5, 0.6) is 11.5 Å². The minimum atomic E-state index is -0.126. The van der Waals surface area contributed by atoms with Gasteiger partial charge in [-0.3, -0.25) is 9.59 Å². The van der Waals surface area contributed by atoms with Crippen LogP contribution in [0, 0.1) is 0 Å². The summed E-state index contributed by atoms with van der Waals surface area (Å²) in [5.41, 5.74) is 2.52. The van der Waals surface area contributed by atoms with Crippen LogP contribution in [-0.4, -0.2) is 39.1 Å². The van der Waals surface area contributed by atoms with Crippen molar-refractivity contribution in [2.75, 3.05) is 37.9 Å². The van der Waals surface area contributed by atoms with Gasteiger partial charge in [0.25, 0.3) is 5.91 Å². The van der Waals surface area contributed by atoms with Gasteiger partial charge >= 0.3 is 0 Å². The Balaban J connectivity index is 1.65. The molecule has 2 atom stereocenters. The summed E-state index contributed by atoms with van der Waals surface area (Å²) < 4.78 is 10.9. The first kappa shape index (κ1) is 20.7. The molecule has 1 saturated heterocycles. The smallest absolute Gasteiger partial charge is 0.279 e. The number of carbonyl (C=O) groups is 2. The van der Waals surface area contributed by atoms with Gasteiger partial charge in [-0.05, 0) is 36.4 Å². The Bertz CT molecular complexity index is 867. The number of ether oxygens (including phenoxy) is 2. The van der Waals surface area contributed by atoms with Gasteiger partial charge in [-0.1, -0.05) is 0 Å². The van der Waals surface area contributed by atoms with Crippen LogP contribution in [0.15, 0.2) is 42.5 Å². The quantitative estimate of drug-likeness (QED) is 0.667. The van der Waals surface area contributed by atoms with Gasteiger partial charge in [0.2, 0.25) is 5.91 Å².